The van der Waals surface area contributed by atoms with Crippen LogP contribution in [0.4, 0.5) is 0 Å². The van der Waals surface area contributed by atoms with Gasteiger partial charge >= 0.3 is 11.9 Å². The van der Waals surface area contributed by atoms with Crippen LogP contribution >= 0.6 is 0 Å². The fourth-order valence-electron chi connectivity index (χ4n) is 15.3. The fourth-order valence-corrected chi connectivity index (χ4v) is 15.3. The molecular weight excluding hydrogens is 1040 g/mol. The molecule has 80 heavy (non-hydrogen) atoms. The van der Waals surface area contributed by atoms with E-state index in [1.807, 2.05) is 32.9 Å². The van der Waals surface area contributed by atoms with E-state index in [1.165, 1.54) is 5.57 Å². The monoisotopic (exact) mass is 1120 g/mol. The minimum Gasteiger partial charge on any atom is -0.459 e. The number of hydrogen-bond donors (Lipinski definition) is 7. The molecule has 20 nitrogen and oxygen atoms in total. The van der Waals surface area contributed by atoms with Crippen LogP contribution in [-0.4, -0.2) is 190 Å². The topological polar surface area (TPSA) is 277 Å². The van der Waals surface area contributed by atoms with E-state index in [4.69, 9.17) is 52.1 Å². The first kappa shape index (κ1) is 59.6. The second-order valence-electron chi connectivity index (χ2n) is 24.3. The smallest absolute Gasteiger partial charge is 0.338 e. The molecule has 7 fully saturated rings. The Labute approximate surface area is 467 Å². The lowest BCUT2D eigenvalue weighted by molar-refractivity contribution is -0.353. The highest BCUT2D eigenvalue weighted by molar-refractivity contribution is 5.90. The lowest BCUT2D eigenvalue weighted by Crippen LogP contribution is -2.67. The number of fused-ring (bicyclic) bond motifs is 5. The summed E-state index contributed by atoms with van der Waals surface area (Å²) in [6, 6.07) is 17.8. The summed E-state index contributed by atoms with van der Waals surface area (Å²) in [4.78, 5) is 27.5. The predicted octanol–water partition coefficient (Wildman–Crippen LogP) is 4.24. The number of carbonyl (C=O) groups is 2. The molecule has 7 N–H and O–H groups in total. The summed E-state index contributed by atoms with van der Waals surface area (Å²) >= 11 is 0. The van der Waals surface area contributed by atoms with Crippen molar-refractivity contribution in [2.45, 2.75) is 234 Å². The van der Waals surface area contributed by atoms with Crippen LogP contribution in [0.25, 0.3) is 0 Å². The van der Waals surface area contributed by atoms with E-state index >= 15 is 0 Å². The van der Waals surface area contributed by atoms with Crippen molar-refractivity contribution in [2.75, 3.05) is 13.7 Å². The zero-order valence-corrected chi connectivity index (χ0v) is 46.8. The van der Waals surface area contributed by atoms with Crippen LogP contribution in [0.3, 0.4) is 0 Å². The van der Waals surface area contributed by atoms with E-state index in [0.717, 1.165) is 12.8 Å². The zero-order chi connectivity index (χ0) is 57.0. The van der Waals surface area contributed by atoms with E-state index in [-0.39, 0.29) is 42.1 Å². The maximum absolute atomic E-state index is 14.0. The highest BCUT2D eigenvalue weighted by Crippen LogP contribution is 2.69. The molecule has 3 saturated carbocycles. The number of rotatable bonds is 15. The third kappa shape index (κ3) is 11.3. The Morgan fingerprint density at radius 1 is 0.675 bits per heavy atom. The van der Waals surface area contributed by atoms with Gasteiger partial charge in [0, 0.05) is 37.7 Å². The summed E-state index contributed by atoms with van der Waals surface area (Å²) in [5.74, 6) is -1.30. The normalized spacial score (nSPS) is 46.0. The minimum atomic E-state index is -1.67. The Morgan fingerprint density at radius 3 is 1.95 bits per heavy atom. The summed E-state index contributed by atoms with van der Waals surface area (Å²) in [6.07, 6.45) is -11.5. The Bertz CT molecular complexity index is 2440. The van der Waals surface area contributed by atoms with Gasteiger partial charge in [0.15, 0.2) is 25.2 Å². The first-order valence-electron chi connectivity index (χ1n) is 28.9. The SMILES string of the molecule is CO[C@H]1C[C@H](O[C@H]2CC[C@@]3(C)C(=CC[C@@H]4[C@@H]3C[C@@H](OC(=O)c3ccccc3)[C@]3(C)[C@@H]([C@@H](C)OC(=O)c5ccccc5)CC[C@]43O)C2)O[C@H](C)[C@H]1O[C@H]1C[C@@H](O)[C@H](O[C@H]2C[C@H](O[C@@H]3O[C@H](CO)[C@@H](O)[C@H](O)[C@H]3O)[C@H](O)[C@@H](C)O2)[C@@H](C)O1. The Balaban J connectivity index is 0.756. The van der Waals surface area contributed by atoms with Crippen molar-refractivity contribution in [1.82, 2.24) is 0 Å². The van der Waals surface area contributed by atoms with Crippen LogP contribution in [0.15, 0.2) is 72.3 Å². The van der Waals surface area contributed by atoms with Gasteiger partial charge < -0.3 is 87.9 Å². The molecule has 0 radical (unpaired) electrons. The number of aliphatic hydroxyl groups excluding tert-OH is 6. The molecule has 10 rings (SSSR count). The van der Waals surface area contributed by atoms with Gasteiger partial charge in [0.25, 0.3) is 0 Å². The zero-order valence-electron chi connectivity index (χ0n) is 46.8. The molecule has 4 heterocycles. The van der Waals surface area contributed by atoms with Crippen LogP contribution in [-0.2, 0) is 52.1 Å². The molecule has 20 heteroatoms. The van der Waals surface area contributed by atoms with Crippen LogP contribution < -0.4 is 0 Å². The number of aliphatic hydroxyl groups is 7. The summed E-state index contributed by atoms with van der Waals surface area (Å²) < 4.78 is 68.6. The van der Waals surface area contributed by atoms with E-state index in [9.17, 15) is 45.3 Å². The molecule has 0 aromatic heterocycles. The molecule has 26 atom stereocenters. The number of ether oxygens (including phenoxy) is 11. The average Bonchev–Trinajstić information content (AvgIpc) is 3.74. The van der Waals surface area contributed by atoms with Crippen molar-refractivity contribution in [3.63, 3.8) is 0 Å². The largest absolute Gasteiger partial charge is 0.459 e. The van der Waals surface area contributed by atoms with Gasteiger partial charge in [-0.2, -0.15) is 0 Å². The van der Waals surface area contributed by atoms with Gasteiger partial charge in [-0.05, 0) is 114 Å². The molecule has 4 aliphatic heterocycles. The maximum atomic E-state index is 14.0. The predicted molar refractivity (Wildman–Crippen MR) is 282 cm³/mol. The van der Waals surface area contributed by atoms with E-state index in [2.05, 4.69) is 13.0 Å². The maximum Gasteiger partial charge on any atom is 0.338 e. The highest BCUT2D eigenvalue weighted by Gasteiger charge is 2.72. The number of allylic oxidation sites excluding steroid dienone is 1. The molecule has 0 bridgehead atoms. The Morgan fingerprint density at radius 2 is 1.29 bits per heavy atom. The first-order valence-corrected chi connectivity index (χ1v) is 28.9. The summed E-state index contributed by atoms with van der Waals surface area (Å²) in [6.45, 7) is 10.8. The lowest BCUT2D eigenvalue weighted by atomic mass is 9.44. The number of hydrogen-bond acceptors (Lipinski definition) is 20. The Hall–Kier alpha value is -3.52. The standard InChI is InChI=1S/C60H84O20/c1-30(74-55(67)34-14-10-8-11-15-34)38-21-23-60(69)39-19-18-36-24-37(20-22-58(36,5)40(39)25-45(59(38,60)6)78-56(68)35-16-12-9-13-17-35)75-47-28-43(70-7)54(33(4)73-47)80-46-26-41(62)53(32(3)72-46)79-48-27-42(49(63)31(2)71-48)76-57-52(66)51(65)50(64)44(29-61)77-57/h8-18,30-33,37-54,57,61-66,69H,19-29H2,1-7H3/t30-,31-,32-,33-,37+,38-,39-,40+,41-,42+,43+,44-,45-,46+,47+,48+,49-,50-,51+,52-,53-,54-,57-,58+,59+,60+/m1/s1. The average molecular weight is 1130 g/mol. The van der Waals surface area contributed by atoms with Gasteiger partial charge in [-0.1, -0.05) is 61.9 Å². The van der Waals surface area contributed by atoms with Crippen molar-refractivity contribution in [1.29, 1.82) is 0 Å². The van der Waals surface area contributed by atoms with Crippen molar-refractivity contribution < 1.29 is 97.4 Å². The van der Waals surface area contributed by atoms with E-state index < -0.39 is 146 Å². The quantitative estimate of drug-likeness (QED) is 0.0970. The van der Waals surface area contributed by atoms with E-state index in [1.54, 1.807) is 69.5 Å². The van der Waals surface area contributed by atoms with Crippen molar-refractivity contribution in [2.24, 2.45) is 28.6 Å². The first-order chi connectivity index (χ1) is 38.2. The summed E-state index contributed by atoms with van der Waals surface area (Å²) in [5, 5.41) is 76.5. The molecule has 4 aliphatic carbocycles. The molecular formula is C60H84O20. The van der Waals surface area contributed by atoms with Crippen molar-refractivity contribution in [3.8, 4) is 0 Å². The van der Waals surface area contributed by atoms with Gasteiger partial charge in [0.1, 0.15) is 54.9 Å². The molecule has 444 valence electrons. The van der Waals surface area contributed by atoms with Crippen LogP contribution in [0.1, 0.15) is 126 Å². The molecule has 2 aromatic rings. The van der Waals surface area contributed by atoms with Crippen LogP contribution in [0, 0.1) is 28.6 Å². The van der Waals surface area contributed by atoms with Gasteiger partial charge in [-0.25, -0.2) is 9.59 Å². The van der Waals surface area contributed by atoms with Crippen molar-refractivity contribution >= 4 is 11.9 Å². The lowest BCUT2D eigenvalue weighted by Gasteiger charge is -2.63. The third-order valence-corrected chi connectivity index (χ3v) is 19.8. The van der Waals surface area contributed by atoms with Crippen molar-refractivity contribution in [3.05, 3.63) is 83.4 Å². The van der Waals surface area contributed by atoms with Gasteiger partial charge in [0.05, 0.1) is 66.1 Å². The minimum absolute atomic E-state index is 0.0127. The molecule has 2 aromatic carbocycles. The molecule has 0 spiro atoms. The molecule has 0 unspecified atom stereocenters. The van der Waals surface area contributed by atoms with Crippen LogP contribution in [0.5, 0.6) is 0 Å². The second kappa shape index (κ2) is 24.2. The molecule has 4 saturated heterocycles. The number of benzene rings is 2. The van der Waals surface area contributed by atoms with Gasteiger partial charge in [-0.15, -0.1) is 0 Å². The fraction of sp³-hybridized carbons (Fsp3) is 0.733. The number of methoxy groups -OCH3 is 1. The Kier molecular flexibility index (Phi) is 18.1. The van der Waals surface area contributed by atoms with Gasteiger partial charge in [0.2, 0.25) is 0 Å². The summed E-state index contributed by atoms with van der Waals surface area (Å²) in [5.41, 5.74) is -0.319. The van der Waals surface area contributed by atoms with E-state index in [0.29, 0.717) is 49.7 Å². The van der Waals surface area contributed by atoms with Gasteiger partial charge in [-0.3, -0.25) is 0 Å². The molecule has 8 aliphatic rings. The molecule has 0 amide bonds. The number of esters is 2. The second-order valence-corrected chi connectivity index (χ2v) is 24.3. The number of carbonyl (C=O) groups excluding carboxylic acids is 2. The van der Waals surface area contributed by atoms with Crippen LogP contribution in [0.2, 0.25) is 0 Å². The summed E-state index contributed by atoms with van der Waals surface area (Å²) in [7, 11) is 1.61. The highest BCUT2D eigenvalue weighted by atomic mass is 16.8. The third-order valence-electron chi connectivity index (χ3n) is 19.8.